The second kappa shape index (κ2) is 12.5. The molecule has 7 N–H and O–H groups in total. The Morgan fingerprint density at radius 2 is 1.93 bits per heavy atom. The molecule has 2 fully saturated rings. The number of imidazole rings is 1. The lowest BCUT2D eigenvalue weighted by Crippen LogP contribution is -2.32. The normalized spacial score (nSPS) is 27.8. The molecule has 4 aromatic heterocycles. The molecule has 0 aliphatic carbocycles. The van der Waals surface area contributed by atoms with Gasteiger partial charge < -0.3 is 44.3 Å². The van der Waals surface area contributed by atoms with E-state index in [1.165, 1.54) is 17.1 Å². The lowest BCUT2D eigenvalue weighted by Gasteiger charge is -2.24. The molecular weight excluding hydrogens is 682 g/mol. The van der Waals surface area contributed by atoms with Crippen molar-refractivity contribution in [1.29, 1.82) is 0 Å². The fourth-order valence-corrected chi connectivity index (χ4v) is 6.74. The summed E-state index contributed by atoms with van der Waals surface area (Å²) in [6.07, 6.45) is -4.40. The van der Waals surface area contributed by atoms with Crippen molar-refractivity contribution in [3.05, 3.63) is 35.0 Å². The van der Waals surface area contributed by atoms with E-state index in [0.717, 1.165) is 18.0 Å². The summed E-state index contributed by atoms with van der Waals surface area (Å²) in [6, 6.07) is 0. The van der Waals surface area contributed by atoms with E-state index in [-0.39, 0.29) is 34.0 Å². The van der Waals surface area contributed by atoms with Crippen LogP contribution >= 0.6 is 14.5 Å². The molecule has 0 amide bonds. The van der Waals surface area contributed by atoms with Gasteiger partial charge in [0.1, 0.15) is 30.6 Å². The third-order valence-electron chi connectivity index (χ3n) is 7.29. The largest absolute Gasteiger partial charge is 0.472 e. The highest BCUT2D eigenvalue weighted by Gasteiger charge is 2.51. The predicted molar refractivity (Wildman–Crippen MR) is 157 cm³/mol. The molecule has 250 valence electrons. The minimum Gasteiger partial charge on any atom is -0.383 e. The van der Waals surface area contributed by atoms with E-state index >= 15 is 4.39 Å². The minimum atomic E-state index is -5.05. The Bertz CT molecular complexity index is 1930. The Kier molecular flexibility index (Phi) is 8.98. The first kappa shape index (κ1) is 32.9. The standard InChI is InChI=1S/C22H27F2N9O10P2S/c1-38-45(37,46)40-6-11-14(24)16(21(42-11)33-8-29-15-19(33)30-22(26)31-20(15)34)43-44(35,36)39-5-9-2-3-12(41-9)32-4-10(23)13-17(25)27-7-28-18(13)32/h4,7-9,11-12,14,16,21H,2-3,5-6H2,1H3,(H,35,36)(H,37,46)(H2,25,27,28)(H3,26,30,31,34)/t9-,11+,12+,14+,16+,21+,45?/m0/s1. The number of rotatable bonds is 11. The number of alkyl halides is 1. The van der Waals surface area contributed by atoms with Gasteiger partial charge in [0.05, 0.1) is 31.0 Å². The zero-order valence-corrected chi connectivity index (χ0v) is 26.2. The molecule has 6 rings (SSSR count). The van der Waals surface area contributed by atoms with E-state index in [4.69, 9.17) is 50.8 Å². The zero-order chi connectivity index (χ0) is 33.0. The molecule has 2 unspecified atom stereocenters. The number of phosphoric ester groups is 1. The van der Waals surface area contributed by atoms with E-state index in [1.807, 2.05) is 0 Å². The van der Waals surface area contributed by atoms with Crippen molar-refractivity contribution in [2.45, 2.75) is 49.8 Å². The maximum absolute atomic E-state index is 15.8. The van der Waals surface area contributed by atoms with Crippen LogP contribution in [0.1, 0.15) is 25.3 Å². The number of phosphoric acid groups is 1. The van der Waals surface area contributed by atoms with Crippen molar-refractivity contribution in [3.63, 3.8) is 0 Å². The van der Waals surface area contributed by atoms with Crippen LogP contribution in [0.15, 0.2) is 23.6 Å². The quantitative estimate of drug-likeness (QED) is 0.137. The first-order valence-corrected chi connectivity index (χ1v) is 17.5. The number of anilines is 2. The molecule has 4 aromatic rings. The molecule has 0 radical (unpaired) electrons. The van der Waals surface area contributed by atoms with Crippen LogP contribution < -0.4 is 17.0 Å². The second-order valence-corrected chi connectivity index (χ2v) is 14.5. The highest BCUT2D eigenvalue weighted by Crippen LogP contribution is 2.51. The summed E-state index contributed by atoms with van der Waals surface area (Å²) in [5.74, 6) is -0.969. The fraction of sp³-hybridized carbons (Fsp3) is 0.500. The molecule has 2 aliphatic heterocycles. The lowest BCUT2D eigenvalue weighted by atomic mass is 10.1. The summed E-state index contributed by atoms with van der Waals surface area (Å²) < 4.78 is 77.9. The van der Waals surface area contributed by atoms with Gasteiger partial charge in [0.25, 0.3) is 5.56 Å². The summed E-state index contributed by atoms with van der Waals surface area (Å²) in [7, 11) is -3.95. The van der Waals surface area contributed by atoms with Gasteiger partial charge in [0, 0.05) is 13.3 Å². The number of nitrogen functional groups attached to an aromatic ring is 2. The molecule has 0 aromatic carbocycles. The molecule has 2 saturated heterocycles. The molecule has 2 aliphatic rings. The smallest absolute Gasteiger partial charge is 0.383 e. The first-order valence-electron chi connectivity index (χ1n) is 13.4. The van der Waals surface area contributed by atoms with E-state index in [9.17, 15) is 23.5 Å². The maximum atomic E-state index is 15.8. The zero-order valence-electron chi connectivity index (χ0n) is 23.6. The van der Waals surface area contributed by atoms with Crippen molar-refractivity contribution < 1.29 is 50.7 Å². The second-order valence-electron chi connectivity index (χ2n) is 10.2. The Morgan fingerprint density at radius 3 is 2.70 bits per heavy atom. The van der Waals surface area contributed by atoms with Crippen LogP contribution in [0.3, 0.4) is 0 Å². The number of fused-ring (bicyclic) bond motifs is 2. The number of hydrogen-bond donors (Lipinski definition) is 5. The van der Waals surface area contributed by atoms with Crippen molar-refractivity contribution in [2.24, 2.45) is 0 Å². The summed E-state index contributed by atoms with van der Waals surface area (Å²) in [5, 5.41) is 0.0338. The van der Waals surface area contributed by atoms with E-state index < -0.39 is 76.1 Å². The Hall–Kier alpha value is -3.01. The SMILES string of the molecule is COP(O)(=S)OC[C@H]1O[C@@H](n2cnc3c(=O)[nH]c(N)nc32)[C@H](OP(=O)(O)OC[C@@H]2CC[C@H](n3cc(F)c4c(N)ncnc43)O2)[C@@H]1F. The average Bonchev–Trinajstić information content (AvgIpc) is 3.77. The molecular formula is C22H27F2N9O10P2S. The molecule has 0 spiro atoms. The number of aromatic nitrogens is 7. The molecule has 19 nitrogen and oxygen atoms in total. The highest BCUT2D eigenvalue weighted by atomic mass is 32.5. The number of ether oxygens (including phenoxy) is 2. The van der Waals surface area contributed by atoms with Crippen LogP contribution in [-0.4, -0.2) is 88.6 Å². The lowest BCUT2D eigenvalue weighted by molar-refractivity contribution is -0.0524. The predicted octanol–water partition coefficient (Wildman–Crippen LogP) is 1.16. The third kappa shape index (κ3) is 6.43. The Morgan fingerprint density at radius 1 is 1.15 bits per heavy atom. The third-order valence-corrected chi connectivity index (χ3v) is 9.97. The van der Waals surface area contributed by atoms with Gasteiger partial charge in [0.15, 0.2) is 35.0 Å². The van der Waals surface area contributed by atoms with Crippen molar-refractivity contribution in [2.75, 3.05) is 31.8 Å². The molecule has 0 bridgehead atoms. The summed E-state index contributed by atoms with van der Waals surface area (Å²) >= 11 is 4.78. The van der Waals surface area contributed by atoms with Crippen molar-refractivity contribution >= 4 is 60.3 Å². The van der Waals surface area contributed by atoms with Crippen LogP contribution in [0.4, 0.5) is 20.5 Å². The van der Waals surface area contributed by atoms with E-state index in [2.05, 4.69) is 24.9 Å². The molecule has 0 saturated carbocycles. The van der Waals surface area contributed by atoms with Crippen LogP contribution in [-0.2, 0) is 43.9 Å². The first-order chi connectivity index (χ1) is 21.8. The number of H-pyrrole nitrogens is 1. The number of nitrogens with zero attached hydrogens (tertiary/aromatic N) is 6. The monoisotopic (exact) mass is 709 g/mol. The number of nitrogens with one attached hydrogen (secondary N) is 1. The van der Waals surface area contributed by atoms with E-state index in [0.29, 0.717) is 12.8 Å². The van der Waals surface area contributed by atoms with Crippen LogP contribution in [0.25, 0.3) is 22.2 Å². The van der Waals surface area contributed by atoms with Gasteiger partial charge in [-0.2, -0.15) is 4.98 Å². The fourth-order valence-electron chi connectivity index (χ4n) is 5.17. The van der Waals surface area contributed by atoms with Crippen molar-refractivity contribution in [3.8, 4) is 0 Å². The molecule has 6 heterocycles. The maximum Gasteiger partial charge on any atom is 0.472 e. The van der Waals surface area contributed by atoms with Crippen LogP contribution in [0.5, 0.6) is 0 Å². The molecule has 46 heavy (non-hydrogen) atoms. The van der Waals surface area contributed by atoms with Gasteiger partial charge in [-0.15, -0.1) is 0 Å². The topological polar surface area (TPSA) is 259 Å². The number of aromatic amines is 1. The average molecular weight is 710 g/mol. The van der Waals surface area contributed by atoms with Crippen molar-refractivity contribution in [1.82, 2.24) is 34.1 Å². The van der Waals surface area contributed by atoms with Crippen LogP contribution in [0.2, 0.25) is 0 Å². The molecule has 24 heteroatoms. The van der Waals surface area contributed by atoms with Gasteiger partial charge in [-0.25, -0.2) is 28.3 Å². The number of hydrogen-bond acceptors (Lipinski definition) is 15. The summed E-state index contributed by atoms with van der Waals surface area (Å²) in [5.41, 5.74) is 10.6. The minimum absolute atomic E-state index is 0.0338. The highest BCUT2D eigenvalue weighted by molar-refractivity contribution is 8.07. The van der Waals surface area contributed by atoms with Gasteiger partial charge in [-0.1, -0.05) is 0 Å². The number of halogens is 2. The van der Waals surface area contributed by atoms with E-state index in [1.54, 1.807) is 0 Å². The van der Waals surface area contributed by atoms with Gasteiger partial charge in [-0.3, -0.25) is 23.4 Å². The Labute approximate surface area is 261 Å². The van der Waals surface area contributed by atoms with Gasteiger partial charge in [0.2, 0.25) is 5.95 Å². The Balaban J connectivity index is 1.18. The summed E-state index contributed by atoms with van der Waals surface area (Å²) in [4.78, 5) is 51.0. The summed E-state index contributed by atoms with van der Waals surface area (Å²) in [6.45, 7) is -4.84. The molecule has 8 atom stereocenters. The van der Waals surface area contributed by atoms with Crippen LogP contribution in [0, 0.1) is 5.82 Å². The number of nitrogens with two attached hydrogens (primary N) is 2. The van der Waals surface area contributed by atoms with Gasteiger partial charge >= 0.3 is 14.5 Å². The van der Waals surface area contributed by atoms with Gasteiger partial charge in [-0.05, 0) is 24.6 Å².